The Morgan fingerprint density at radius 2 is 1.81 bits per heavy atom. The summed E-state index contributed by atoms with van der Waals surface area (Å²) in [6, 6.07) is 13.2. The molecule has 2 aromatic heterocycles. The number of hydrogen-bond donors (Lipinski definition) is 0. The monoisotopic (exact) mass is 384 g/mol. The molecule has 130 valence electrons. The fraction of sp³-hybridized carbons (Fsp3) is 0.105. The van der Waals surface area contributed by atoms with E-state index in [1.54, 1.807) is 23.0 Å². The molecule has 2 aromatic carbocycles. The Labute approximate surface area is 160 Å². The predicted molar refractivity (Wildman–Crippen MR) is 103 cm³/mol. The fourth-order valence-corrected chi connectivity index (χ4v) is 2.91. The fourth-order valence-electron chi connectivity index (χ4n) is 2.61. The maximum absolute atomic E-state index is 6.11. The molecular weight excluding hydrogens is 371 g/mol. The Hall–Kier alpha value is -2.63. The zero-order valence-electron chi connectivity index (χ0n) is 13.9. The number of aromatic nitrogens is 4. The molecule has 0 atom stereocenters. The van der Waals surface area contributed by atoms with Crippen molar-refractivity contribution in [3.63, 3.8) is 0 Å². The van der Waals surface area contributed by atoms with Crippen LogP contribution in [-0.4, -0.2) is 19.7 Å². The van der Waals surface area contributed by atoms with E-state index in [4.69, 9.17) is 27.9 Å². The van der Waals surface area contributed by atoms with E-state index in [1.165, 1.54) is 11.9 Å². The quantitative estimate of drug-likeness (QED) is 0.467. The predicted octanol–water partition coefficient (Wildman–Crippen LogP) is 5.48. The molecule has 0 spiro atoms. The Balaban J connectivity index is 1.73. The normalized spacial score (nSPS) is 11.0. The summed E-state index contributed by atoms with van der Waals surface area (Å²) in [5, 5.41) is 6.05. The van der Waals surface area contributed by atoms with Crippen molar-refractivity contribution in [1.82, 2.24) is 19.7 Å². The summed E-state index contributed by atoms with van der Waals surface area (Å²) in [6.45, 7) is 2.11. The first-order valence-electron chi connectivity index (χ1n) is 8.06. The lowest BCUT2D eigenvalue weighted by Crippen LogP contribution is -1.98. The summed E-state index contributed by atoms with van der Waals surface area (Å²) in [5.74, 6) is 1.16. The Morgan fingerprint density at radius 3 is 2.54 bits per heavy atom. The van der Waals surface area contributed by atoms with Crippen molar-refractivity contribution < 1.29 is 4.74 Å². The van der Waals surface area contributed by atoms with Crippen molar-refractivity contribution in [2.24, 2.45) is 0 Å². The lowest BCUT2D eigenvalue weighted by Gasteiger charge is -2.07. The number of fused-ring (bicyclic) bond motifs is 1. The lowest BCUT2D eigenvalue weighted by molar-refractivity contribution is 0.468. The molecule has 0 aliphatic heterocycles. The largest absolute Gasteiger partial charge is 0.438 e. The van der Waals surface area contributed by atoms with Gasteiger partial charge in [0.15, 0.2) is 5.65 Å². The van der Waals surface area contributed by atoms with E-state index in [2.05, 4.69) is 22.0 Å². The van der Waals surface area contributed by atoms with Gasteiger partial charge in [0.25, 0.3) is 0 Å². The minimum atomic E-state index is 0.450. The van der Waals surface area contributed by atoms with E-state index >= 15 is 0 Å². The highest BCUT2D eigenvalue weighted by atomic mass is 35.5. The van der Waals surface area contributed by atoms with Crippen LogP contribution in [0.4, 0.5) is 0 Å². The van der Waals surface area contributed by atoms with Crippen LogP contribution in [0.15, 0.2) is 55.0 Å². The first-order chi connectivity index (χ1) is 12.7. The summed E-state index contributed by atoms with van der Waals surface area (Å²) in [7, 11) is 0. The Kier molecular flexibility index (Phi) is 4.49. The molecule has 0 aliphatic carbocycles. The standard InChI is InChI=1S/C19H14Cl2N4O/c1-2-12-3-6-14(7-4-12)26-19-15-10-24-25(18(15)22-11-23-19)13-5-8-16(20)17(21)9-13/h3-11H,2H2,1H3. The van der Waals surface area contributed by atoms with Crippen LogP contribution in [0.2, 0.25) is 10.0 Å². The Bertz CT molecular complexity index is 1080. The smallest absolute Gasteiger partial charge is 0.233 e. The van der Waals surface area contributed by atoms with E-state index in [9.17, 15) is 0 Å². The summed E-state index contributed by atoms with van der Waals surface area (Å²) in [4.78, 5) is 8.58. The first-order valence-corrected chi connectivity index (χ1v) is 8.82. The second-order valence-electron chi connectivity index (χ2n) is 5.67. The molecule has 0 bridgehead atoms. The maximum Gasteiger partial charge on any atom is 0.233 e. The zero-order valence-corrected chi connectivity index (χ0v) is 15.4. The summed E-state index contributed by atoms with van der Waals surface area (Å²) in [6.07, 6.45) is 4.11. The van der Waals surface area contributed by atoms with Crippen molar-refractivity contribution in [2.45, 2.75) is 13.3 Å². The second-order valence-corrected chi connectivity index (χ2v) is 6.48. The average molecular weight is 385 g/mol. The highest BCUT2D eigenvalue weighted by Gasteiger charge is 2.13. The van der Waals surface area contributed by atoms with Crippen LogP contribution in [0.3, 0.4) is 0 Å². The molecular formula is C19H14Cl2N4O. The van der Waals surface area contributed by atoms with Crippen LogP contribution in [0.25, 0.3) is 16.7 Å². The molecule has 0 N–H and O–H groups in total. The average Bonchev–Trinajstić information content (AvgIpc) is 3.10. The van der Waals surface area contributed by atoms with Gasteiger partial charge < -0.3 is 4.74 Å². The van der Waals surface area contributed by atoms with Gasteiger partial charge in [-0.1, -0.05) is 42.3 Å². The molecule has 7 heteroatoms. The van der Waals surface area contributed by atoms with Crippen LogP contribution in [0, 0.1) is 0 Å². The number of ether oxygens (including phenoxy) is 1. The third-order valence-electron chi connectivity index (χ3n) is 4.02. The third-order valence-corrected chi connectivity index (χ3v) is 4.76. The van der Waals surface area contributed by atoms with Crippen molar-refractivity contribution in [3.05, 3.63) is 70.6 Å². The van der Waals surface area contributed by atoms with Gasteiger partial charge in [-0.25, -0.2) is 14.6 Å². The molecule has 0 saturated heterocycles. The molecule has 0 aliphatic rings. The molecule has 4 rings (SSSR count). The number of benzene rings is 2. The molecule has 0 saturated carbocycles. The topological polar surface area (TPSA) is 52.8 Å². The molecule has 0 fully saturated rings. The number of hydrogen-bond acceptors (Lipinski definition) is 4. The van der Waals surface area contributed by atoms with Crippen molar-refractivity contribution in [1.29, 1.82) is 0 Å². The maximum atomic E-state index is 6.11. The van der Waals surface area contributed by atoms with E-state index in [1.807, 2.05) is 30.3 Å². The van der Waals surface area contributed by atoms with Crippen LogP contribution < -0.4 is 4.74 Å². The van der Waals surface area contributed by atoms with Gasteiger partial charge in [0.1, 0.15) is 17.5 Å². The van der Waals surface area contributed by atoms with Crippen molar-refractivity contribution >= 4 is 34.2 Å². The number of halogens is 2. The zero-order chi connectivity index (χ0) is 18.1. The SMILES string of the molecule is CCc1ccc(Oc2ncnc3c2cnn3-c2ccc(Cl)c(Cl)c2)cc1. The molecule has 0 amide bonds. The van der Waals surface area contributed by atoms with Crippen molar-refractivity contribution in [3.8, 4) is 17.3 Å². The first kappa shape index (κ1) is 16.8. The van der Waals surface area contributed by atoms with Gasteiger partial charge >= 0.3 is 0 Å². The summed E-state index contributed by atoms with van der Waals surface area (Å²) in [5.41, 5.74) is 2.63. The molecule has 0 radical (unpaired) electrons. The molecule has 0 unspecified atom stereocenters. The number of nitrogens with zero attached hydrogens (tertiary/aromatic N) is 4. The van der Waals surface area contributed by atoms with E-state index < -0.39 is 0 Å². The molecule has 2 heterocycles. The van der Waals surface area contributed by atoms with Gasteiger partial charge in [-0.05, 0) is 42.3 Å². The molecule has 4 aromatic rings. The number of rotatable bonds is 4. The molecule has 5 nitrogen and oxygen atoms in total. The van der Waals surface area contributed by atoms with Crippen LogP contribution >= 0.6 is 23.2 Å². The van der Waals surface area contributed by atoms with Gasteiger partial charge in [0.05, 0.1) is 21.9 Å². The lowest BCUT2D eigenvalue weighted by atomic mass is 10.2. The summed E-state index contributed by atoms with van der Waals surface area (Å²) >= 11 is 12.1. The third kappa shape index (κ3) is 3.11. The van der Waals surface area contributed by atoms with E-state index in [-0.39, 0.29) is 0 Å². The second kappa shape index (κ2) is 6.94. The Morgan fingerprint density at radius 1 is 1.00 bits per heavy atom. The van der Waals surface area contributed by atoms with Gasteiger partial charge in [0.2, 0.25) is 5.88 Å². The highest BCUT2D eigenvalue weighted by Crippen LogP contribution is 2.29. The van der Waals surface area contributed by atoms with Gasteiger partial charge in [-0.15, -0.1) is 0 Å². The minimum absolute atomic E-state index is 0.450. The van der Waals surface area contributed by atoms with Gasteiger partial charge in [-0.2, -0.15) is 5.10 Å². The minimum Gasteiger partial charge on any atom is -0.438 e. The van der Waals surface area contributed by atoms with Crippen LogP contribution in [0.5, 0.6) is 11.6 Å². The van der Waals surface area contributed by atoms with Gasteiger partial charge in [0, 0.05) is 0 Å². The number of aryl methyl sites for hydroxylation is 1. The van der Waals surface area contributed by atoms with E-state index in [0.29, 0.717) is 32.7 Å². The van der Waals surface area contributed by atoms with Crippen LogP contribution in [0.1, 0.15) is 12.5 Å². The molecule has 26 heavy (non-hydrogen) atoms. The summed E-state index contributed by atoms with van der Waals surface area (Å²) < 4.78 is 7.60. The highest BCUT2D eigenvalue weighted by molar-refractivity contribution is 6.42. The van der Waals surface area contributed by atoms with Crippen LogP contribution in [-0.2, 0) is 6.42 Å². The van der Waals surface area contributed by atoms with Crippen molar-refractivity contribution in [2.75, 3.05) is 0 Å². The van der Waals surface area contributed by atoms with E-state index in [0.717, 1.165) is 12.1 Å². The van der Waals surface area contributed by atoms with Gasteiger partial charge in [-0.3, -0.25) is 0 Å².